The Kier molecular flexibility index (Phi) is 5.44. The summed E-state index contributed by atoms with van der Waals surface area (Å²) in [5.41, 5.74) is 1.60. The molecule has 0 aliphatic heterocycles. The molecule has 1 aromatic rings. The first-order chi connectivity index (χ1) is 7.77. The largest absolute Gasteiger partial charge is 0.462 e. The van der Waals surface area contributed by atoms with Gasteiger partial charge in [-0.2, -0.15) is 5.26 Å². The molecule has 0 bridgehead atoms. The highest BCUT2D eigenvalue weighted by molar-refractivity contribution is 7.98. The fraction of sp³-hybridized carbons (Fsp3) is 0.333. The van der Waals surface area contributed by atoms with Crippen molar-refractivity contribution in [1.29, 1.82) is 5.26 Å². The summed E-state index contributed by atoms with van der Waals surface area (Å²) in [5, 5.41) is 8.41. The Hall–Kier alpha value is -1.47. The van der Waals surface area contributed by atoms with Gasteiger partial charge in [-0.1, -0.05) is 12.1 Å². The second-order valence-electron chi connectivity index (χ2n) is 3.07. The lowest BCUT2D eigenvalue weighted by molar-refractivity contribution is 0.0526. The number of rotatable bonds is 5. The molecule has 1 aromatic carbocycles. The van der Waals surface area contributed by atoms with Gasteiger partial charge in [-0.05, 0) is 24.6 Å². The van der Waals surface area contributed by atoms with Crippen molar-refractivity contribution >= 4 is 17.7 Å². The molecule has 0 saturated carbocycles. The zero-order valence-electron chi connectivity index (χ0n) is 9.10. The maximum atomic E-state index is 11.4. The summed E-state index contributed by atoms with van der Waals surface area (Å²) in [6.45, 7) is 2.16. The molecule has 1 rings (SSSR count). The van der Waals surface area contributed by atoms with E-state index in [4.69, 9.17) is 10.00 Å². The van der Waals surface area contributed by atoms with Crippen LogP contribution in [0.1, 0.15) is 22.8 Å². The van der Waals surface area contributed by atoms with E-state index in [2.05, 4.69) is 6.07 Å². The molecule has 0 amide bonds. The number of carbonyl (C=O) groups excluding carboxylic acids is 1. The van der Waals surface area contributed by atoms with Gasteiger partial charge in [0.05, 0.1) is 24.0 Å². The van der Waals surface area contributed by atoms with Crippen molar-refractivity contribution < 1.29 is 9.53 Å². The van der Waals surface area contributed by atoms with Gasteiger partial charge in [0, 0.05) is 5.75 Å². The maximum Gasteiger partial charge on any atom is 0.338 e. The van der Waals surface area contributed by atoms with Crippen LogP contribution in [0, 0.1) is 11.3 Å². The standard InChI is InChI=1S/C12H13NO2S/c1-2-15-12(14)11-5-3-4-10(8-11)9-16-7-6-13/h3-5,8H,2,7,9H2,1H3. The van der Waals surface area contributed by atoms with Crippen LogP contribution in [0.5, 0.6) is 0 Å². The molecule has 0 aliphatic rings. The Bertz CT molecular complexity index is 398. The average molecular weight is 235 g/mol. The molecule has 0 heterocycles. The van der Waals surface area contributed by atoms with E-state index in [-0.39, 0.29) is 5.97 Å². The molecule has 84 valence electrons. The monoisotopic (exact) mass is 235 g/mol. The first kappa shape index (κ1) is 12.6. The molecule has 0 N–H and O–H groups in total. The second kappa shape index (κ2) is 6.91. The molecule has 16 heavy (non-hydrogen) atoms. The van der Waals surface area contributed by atoms with E-state index in [1.165, 1.54) is 11.8 Å². The number of carbonyl (C=O) groups is 1. The Labute approximate surface area is 99.4 Å². The van der Waals surface area contributed by atoms with Gasteiger partial charge in [0.15, 0.2) is 0 Å². The molecule has 0 saturated heterocycles. The van der Waals surface area contributed by atoms with E-state index in [9.17, 15) is 4.79 Å². The summed E-state index contributed by atoms with van der Waals surface area (Å²) in [6, 6.07) is 9.37. The highest BCUT2D eigenvalue weighted by atomic mass is 32.2. The zero-order chi connectivity index (χ0) is 11.8. The van der Waals surface area contributed by atoms with Gasteiger partial charge in [-0.25, -0.2) is 4.79 Å². The Morgan fingerprint density at radius 2 is 2.38 bits per heavy atom. The Morgan fingerprint density at radius 1 is 1.56 bits per heavy atom. The van der Waals surface area contributed by atoms with E-state index in [0.29, 0.717) is 17.9 Å². The normalized spacial score (nSPS) is 9.50. The number of hydrogen-bond acceptors (Lipinski definition) is 4. The molecule has 0 atom stereocenters. The van der Waals surface area contributed by atoms with Gasteiger partial charge in [-0.15, -0.1) is 11.8 Å². The van der Waals surface area contributed by atoms with Crippen LogP contribution < -0.4 is 0 Å². The lowest BCUT2D eigenvalue weighted by Gasteiger charge is -2.04. The predicted octanol–water partition coefficient (Wildman–Crippen LogP) is 2.62. The predicted molar refractivity (Wildman–Crippen MR) is 64.2 cm³/mol. The van der Waals surface area contributed by atoms with Gasteiger partial charge in [0.25, 0.3) is 0 Å². The van der Waals surface area contributed by atoms with Gasteiger partial charge in [-0.3, -0.25) is 0 Å². The van der Waals surface area contributed by atoms with Crippen LogP contribution in [0.2, 0.25) is 0 Å². The van der Waals surface area contributed by atoms with Crippen molar-refractivity contribution in [2.24, 2.45) is 0 Å². The van der Waals surface area contributed by atoms with E-state index < -0.39 is 0 Å². The molecule has 0 spiro atoms. The van der Waals surface area contributed by atoms with Crippen LogP contribution in [-0.4, -0.2) is 18.3 Å². The van der Waals surface area contributed by atoms with Crippen molar-refractivity contribution in [3.05, 3.63) is 35.4 Å². The number of hydrogen-bond donors (Lipinski definition) is 0. The molecule has 0 aromatic heterocycles. The van der Waals surface area contributed by atoms with Crippen LogP contribution in [0.4, 0.5) is 0 Å². The van der Waals surface area contributed by atoms with Gasteiger partial charge < -0.3 is 4.74 Å². The minimum atomic E-state index is -0.297. The maximum absolute atomic E-state index is 11.4. The first-order valence-corrected chi connectivity index (χ1v) is 6.14. The summed E-state index contributed by atoms with van der Waals surface area (Å²) in [5.74, 6) is 0.902. The van der Waals surface area contributed by atoms with Crippen LogP contribution >= 0.6 is 11.8 Å². The summed E-state index contributed by atoms with van der Waals surface area (Å²) < 4.78 is 4.91. The van der Waals surface area contributed by atoms with Crippen LogP contribution in [0.15, 0.2) is 24.3 Å². The highest BCUT2D eigenvalue weighted by Gasteiger charge is 2.06. The molecule has 0 aliphatic carbocycles. The van der Waals surface area contributed by atoms with E-state index in [1.807, 2.05) is 18.2 Å². The van der Waals surface area contributed by atoms with E-state index >= 15 is 0 Å². The third kappa shape index (κ3) is 3.95. The SMILES string of the molecule is CCOC(=O)c1cccc(CSCC#N)c1. The van der Waals surface area contributed by atoms with E-state index in [0.717, 1.165) is 11.3 Å². The molecule has 0 unspecified atom stereocenters. The second-order valence-corrected chi connectivity index (χ2v) is 4.06. The zero-order valence-corrected chi connectivity index (χ0v) is 9.92. The third-order valence-corrected chi connectivity index (χ3v) is 2.74. The topological polar surface area (TPSA) is 50.1 Å². The van der Waals surface area contributed by atoms with E-state index in [1.54, 1.807) is 13.0 Å². The average Bonchev–Trinajstić information content (AvgIpc) is 2.30. The third-order valence-electron chi connectivity index (χ3n) is 1.87. The van der Waals surface area contributed by atoms with Crippen LogP contribution in [0.3, 0.4) is 0 Å². The number of thioether (sulfide) groups is 1. The molecule has 0 radical (unpaired) electrons. The molecular formula is C12H13NO2S. The van der Waals surface area contributed by atoms with Crippen molar-refractivity contribution in [3.63, 3.8) is 0 Å². The van der Waals surface area contributed by atoms with Crippen molar-refractivity contribution in [1.82, 2.24) is 0 Å². The highest BCUT2D eigenvalue weighted by Crippen LogP contribution is 2.13. The lowest BCUT2D eigenvalue weighted by Crippen LogP contribution is -2.04. The molecular weight excluding hydrogens is 222 g/mol. The Morgan fingerprint density at radius 3 is 3.06 bits per heavy atom. The molecule has 4 heteroatoms. The number of nitrogens with zero attached hydrogens (tertiary/aromatic N) is 1. The lowest BCUT2D eigenvalue weighted by atomic mass is 10.1. The first-order valence-electron chi connectivity index (χ1n) is 4.98. The number of esters is 1. The minimum Gasteiger partial charge on any atom is -0.462 e. The van der Waals surface area contributed by atoms with Crippen molar-refractivity contribution in [2.45, 2.75) is 12.7 Å². The fourth-order valence-corrected chi connectivity index (χ4v) is 1.83. The summed E-state index contributed by atoms with van der Waals surface area (Å²) >= 11 is 1.53. The summed E-state index contributed by atoms with van der Waals surface area (Å²) in [6.07, 6.45) is 0. The summed E-state index contributed by atoms with van der Waals surface area (Å²) in [7, 11) is 0. The van der Waals surface area contributed by atoms with Gasteiger partial charge in [0.1, 0.15) is 0 Å². The van der Waals surface area contributed by atoms with Gasteiger partial charge in [0.2, 0.25) is 0 Å². The molecule has 0 fully saturated rings. The Balaban J connectivity index is 2.64. The molecule has 3 nitrogen and oxygen atoms in total. The van der Waals surface area contributed by atoms with Gasteiger partial charge >= 0.3 is 5.97 Å². The van der Waals surface area contributed by atoms with Crippen molar-refractivity contribution in [2.75, 3.05) is 12.4 Å². The minimum absolute atomic E-state index is 0.297. The van der Waals surface area contributed by atoms with Crippen molar-refractivity contribution in [3.8, 4) is 6.07 Å². The van der Waals surface area contributed by atoms with Crippen LogP contribution in [0.25, 0.3) is 0 Å². The summed E-state index contributed by atoms with van der Waals surface area (Å²) in [4.78, 5) is 11.4. The van der Waals surface area contributed by atoms with Crippen LogP contribution in [-0.2, 0) is 10.5 Å². The number of nitriles is 1. The fourth-order valence-electron chi connectivity index (χ4n) is 1.22. The number of ether oxygens (including phenoxy) is 1. The smallest absolute Gasteiger partial charge is 0.338 e. The quantitative estimate of drug-likeness (QED) is 0.581. The number of benzene rings is 1.